The number of halogens is 3. The lowest BCUT2D eigenvalue weighted by atomic mass is 10.1. The highest BCUT2D eigenvalue weighted by Crippen LogP contribution is 2.32. The largest absolute Gasteiger partial charge is 0.505 e. The predicted molar refractivity (Wildman–Crippen MR) is 60.3 cm³/mol. The minimum absolute atomic E-state index is 0.144. The number of hydrogen-bond acceptors (Lipinski definition) is 3. The summed E-state index contributed by atoms with van der Waals surface area (Å²) in [6.07, 6.45) is -3.86. The van der Waals surface area contributed by atoms with Crippen LogP contribution in [0, 0.1) is 0 Å². The van der Waals surface area contributed by atoms with Crippen molar-refractivity contribution in [1.82, 2.24) is 9.78 Å². The molecule has 2 rings (SSSR count). The smallest absolute Gasteiger partial charge is 0.465 e. The number of rotatable bonds is 2. The van der Waals surface area contributed by atoms with E-state index in [1.54, 1.807) is 18.2 Å². The molecule has 1 aromatic heterocycles. The molecule has 0 atom stereocenters. The Morgan fingerprint density at radius 3 is 2.42 bits per heavy atom. The van der Waals surface area contributed by atoms with Crippen molar-refractivity contribution >= 4 is 5.97 Å². The van der Waals surface area contributed by atoms with Crippen molar-refractivity contribution in [3.05, 3.63) is 42.1 Å². The number of carbonyl (C=O) groups excluding carboxylic acids is 1. The molecule has 0 aliphatic rings. The van der Waals surface area contributed by atoms with Gasteiger partial charge in [0.15, 0.2) is 0 Å². The van der Waals surface area contributed by atoms with Gasteiger partial charge >= 0.3 is 12.3 Å². The van der Waals surface area contributed by atoms with Gasteiger partial charge in [0, 0.05) is 5.56 Å². The average Bonchev–Trinajstić information content (AvgIpc) is 2.83. The van der Waals surface area contributed by atoms with Crippen LogP contribution in [-0.4, -0.2) is 22.9 Å². The van der Waals surface area contributed by atoms with Crippen LogP contribution in [0.3, 0.4) is 0 Å². The highest BCUT2D eigenvalue weighted by molar-refractivity contribution is 5.96. The van der Waals surface area contributed by atoms with Crippen molar-refractivity contribution < 1.29 is 22.7 Å². The van der Waals surface area contributed by atoms with Gasteiger partial charge in [0.05, 0.1) is 19.0 Å². The molecule has 4 nitrogen and oxygen atoms in total. The molecule has 1 heterocycles. The van der Waals surface area contributed by atoms with Gasteiger partial charge in [-0.2, -0.15) is 9.78 Å². The first-order valence-corrected chi connectivity index (χ1v) is 5.24. The minimum Gasteiger partial charge on any atom is -0.465 e. The van der Waals surface area contributed by atoms with Gasteiger partial charge < -0.3 is 4.74 Å². The standard InChI is InChI=1S/C12H9F3N2O2/c1-19-11(18)9-7-16-17(12(13,14)15)10(9)8-5-3-2-4-6-8/h2-7H,1H3. The summed E-state index contributed by atoms with van der Waals surface area (Å²) in [6, 6.07) is 7.74. The van der Waals surface area contributed by atoms with E-state index in [9.17, 15) is 18.0 Å². The summed E-state index contributed by atoms with van der Waals surface area (Å²) >= 11 is 0. The number of methoxy groups -OCH3 is 1. The van der Waals surface area contributed by atoms with Crippen LogP contribution in [0.4, 0.5) is 13.2 Å². The molecule has 0 spiro atoms. The fourth-order valence-corrected chi connectivity index (χ4v) is 1.67. The van der Waals surface area contributed by atoms with Crippen LogP contribution in [0.25, 0.3) is 11.3 Å². The van der Waals surface area contributed by atoms with E-state index in [4.69, 9.17) is 0 Å². The number of benzene rings is 1. The predicted octanol–water partition coefficient (Wildman–Crippen LogP) is 2.81. The van der Waals surface area contributed by atoms with Crippen molar-refractivity contribution in [2.75, 3.05) is 7.11 Å². The van der Waals surface area contributed by atoms with Gasteiger partial charge in [-0.15, -0.1) is 13.2 Å². The first-order valence-electron chi connectivity index (χ1n) is 5.24. The first-order chi connectivity index (χ1) is 8.95. The van der Waals surface area contributed by atoms with Gasteiger partial charge in [0.25, 0.3) is 0 Å². The molecule has 0 amide bonds. The maximum absolute atomic E-state index is 12.9. The van der Waals surface area contributed by atoms with E-state index in [1.807, 2.05) is 0 Å². The van der Waals surface area contributed by atoms with Crippen LogP contribution in [-0.2, 0) is 11.0 Å². The summed E-state index contributed by atoms with van der Waals surface area (Å²) < 4.78 is 42.9. The van der Waals surface area contributed by atoms with Crippen LogP contribution >= 0.6 is 0 Å². The second kappa shape index (κ2) is 4.75. The van der Waals surface area contributed by atoms with Crippen LogP contribution in [0.5, 0.6) is 0 Å². The lowest BCUT2D eigenvalue weighted by molar-refractivity contribution is -0.211. The Balaban J connectivity index is 2.67. The van der Waals surface area contributed by atoms with Crippen LogP contribution in [0.2, 0.25) is 0 Å². The lowest BCUT2D eigenvalue weighted by Gasteiger charge is -2.11. The normalized spacial score (nSPS) is 11.4. The molecule has 0 unspecified atom stereocenters. The van der Waals surface area contributed by atoms with E-state index >= 15 is 0 Å². The highest BCUT2D eigenvalue weighted by Gasteiger charge is 2.37. The average molecular weight is 270 g/mol. The summed E-state index contributed by atoms with van der Waals surface area (Å²) in [4.78, 5) is 11.5. The highest BCUT2D eigenvalue weighted by atomic mass is 19.4. The molecule has 7 heteroatoms. The number of hydrogen-bond donors (Lipinski definition) is 0. The number of alkyl halides is 3. The zero-order valence-electron chi connectivity index (χ0n) is 9.81. The van der Waals surface area contributed by atoms with E-state index in [0.717, 1.165) is 13.3 Å². The number of esters is 1. The van der Waals surface area contributed by atoms with Gasteiger partial charge in [0.1, 0.15) is 5.56 Å². The topological polar surface area (TPSA) is 44.1 Å². The van der Waals surface area contributed by atoms with Gasteiger partial charge in [-0.1, -0.05) is 30.3 Å². The SMILES string of the molecule is COC(=O)c1cnn(C(F)(F)F)c1-c1ccccc1. The van der Waals surface area contributed by atoms with Crippen LogP contribution in [0.1, 0.15) is 10.4 Å². The number of nitrogens with zero attached hydrogens (tertiary/aromatic N) is 2. The summed E-state index contributed by atoms with van der Waals surface area (Å²) in [7, 11) is 1.10. The Hall–Kier alpha value is -2.31. The number of aromatic nitrogens is 2. The fraction of sp³-hybridized carbons (Fsp3) is 0.167. The van der Waals surface area contributed by atoms with Crippen LogP contribution in [0.15, 0.2) is 36.5 Å². The second-order valence-corrected chi connectivity index (χ2v) is 3.64. The number of carbonyl (C=O) groups is 1. The van der Waals surface area contributed by atoms with Crippen molar-refractivity contribution in [2.24, 2.45) is 0 Å². The molecule has 1 aromatic carbocycles. The fourth-order valence-electron chi connectivity index (χ4n) is 1.67. The Bertz CT molecular complexity index is 591. The Morgan fingerprint density at radius 1 is 1.26 bits per heavy atom. The van der Waals surface area contributed by atoms with E-state index in [0.29, 0.717) is 0 Å². The molecule has 0 aliphatic carbocycles. The third kappa shape index (κ3) is 2.44. The minimum atomic E-state index is -4.71. The molecule has 100 valence electrons. The first kappa shape index (κ1) is 13.1. The molecular weight excluding hydrogens is 261 g/mol. The summed E-state index contributed by atoms with van der Waals surface area (Å²) in [5.41, 5.74) is -0.330. The third-order valence-electron chi connectivity index (χ3n) is 2.46. The molecule has 19 heavy (non-hydrogen) atoms. The zero-order chi connectivity index (χ0) is 14.0. The van der Waals surface area contributed by atoms with Crippen molar-refractivity contribution in [3.8, 4) is 11.3 Å². The van der Waals surface area contributed by atoms with Gasteiger partial charge in [-0.05, 0) is 0 Å². The maximum Gasteiger partial charge on any atom is 0.505 e. The van der Waals surface area contributed by atoms with Crippen molar-refractivity contribution in [2.45, 2.75) is 6.30 Å². The Morgan fingerprint density at radius 2 is 1.89 bits per heavy atom. The van der Waals surface area contributed by atoms with Crippen molar-refractivity contribution in [1.29, 1.82) is 0 Å². The molecule has 0 aliphatic heterocycles. The van der Waals surface area contributed by atoms with Crippen molar-refractivity contribution in [3.63, 3.8) is 0 Å². The quantitative estimate of drug-likeness (QED) is 0.788. The van der Waals surface area contributed by atoms with E-state index in [1.165, 1.54) is 12.1 Å². The Labute approximate surface area is 106 Å². The summed E-state index contributed by atoms with van der Waals surface area (Å²) in [6.45, 7) is 0. The maximum atomic E-state index is 12.9. The molecule has 0 radical (unpaired) electrons. The third-order valence-corrected chi connectivity index (χ3v) is 2.46. The molecule has 0 N–H and O–H groups in total. The van der Waals surface area contributed by atoms with Crippen LogP contribution < -0.4 is 0 Å². The van der Waals surface area contributed by atoms with E-state index < -0.39 is 12.3 Å². The second-order valence-electron chi connectivity index (χ2n) is 3.64. The molecule has 0 fully saturated rings. The van der Waals surface area contributed by atoms with Gasteiger partial charge in [0.2, 0.25) is 0 Å². The molecular formula is C12H9F3N2O2. The molecule has 0 saturated carbocycles. The molecule has 2 aromatic rings. The van der Waals surface area contributed by atoms with Gasteiger partial charge in [-0.3, -0.25) is 0 Å². The van der Waals surface area contributed by atoms with E-state index in [-0.39, 0.29) is 21.5 Å². The molecule has 0 bridgehead atoms. The van der Waals surface area contributed by atoms with Gasteiger partial charge in [-0.25, -0.2) is 4.79 Å². The summed E-state index contributed by atoms with van der Waals surface area (Å²) in [5, 5.41) is 3.22. The zero-order valence-corrected chi connectivity index (χ0v) is 9.81. The molecule has 0 saturated heterocycles. The monoisotopic (exact) mass is 270 g/mol. The Kier molecular flexibility index (Phi) is 3.28. The van der Waals surface area contributed by atoms with E-state index in [2.05, 4.69) is 9.84 Å². The lowest BCUT2D eigenvalue weighted by Crippen LogP contribution is -2.20. The summed E-state index contributed by atoms with van der Waals surface area (Å²) in [5.74, 6) is -0.866. The number of ether oxygens (including phenoxy) is 1.